The number of carbonyl (C=O) groups is 1. The van der Waals surface area contributed by atoms with Crippen LogP contribution in [-0.4, -0.2) is 29.5 Å². The Morgan fingerprint density at radius 1 is 1.18 bits per heavy atom. The maximum Gasteiger partial charge on any atom is 0.280 e. The van der Waals surface area contributed by atoms with E-state index in [1.165, 1.54) is 4.52 Å². The van der Waals surface area contributed by atoms with Gasteiger partial charge in [0.2, 0.25) is 0 Å². The van der Waals surface area contributed by atoms with Crippen molar-refractivity contribution in [3.05, 3.63) is 94.4 Å². The van der Waals surface area contributed by atoms with E-state index < -0.39 is 11.9 Å². The number of rotatable bonds is 4. The summed E-state index contributed by atoms with van der Waals surface area (Å²) in [4.78, 5) is 30.9. The molecule has 0 aliphatic rings. The number of aromatic nitrogens is 5. The minimum atomic E-state index is -0.565. The molecule has 1 amide bonds. The first-order valence-corrected chi connectivity index (χ1v) is 10.2. The van der Waals surface area contributed by atoms with Crippen molar-refractivity contribution >= 4 is 22.9 Å². The van der Waals surface area contributed by atoms with Crippen molar-refractivity contribution < 1.29 is 4.79 Å². The molecular weight excluding hydrogens is 418 g/mol. The van der Waals surface area contributed by atoms with E-state index in [1.54, 1.807) is 52.8 Å². The molecule has 9 heteroatoms. The van der Waals surface area contributed by atoms with E-state index in [-0.39, 0.29) is 16.9 Å². The number of carbonyl (C=O) groups excluding carboxylic acids is 1. The summed E-state index contributed by atoms with van der Waals surface area (Å²) < 4.78 is 4.68. The van der Waals surface area contributed by atoms with Crippen molar-refractivity contribution in [3.63, 3.8) is 0 Å². The van der Waals surface area contributed by atoms with Gasteiger partial charge >= 0.3 is 0 Å². The molecule has 1 unspecified atom stereocenters. The predicted molar refractivity (Wildman–Crippen MR) is 124 cm³/mol. The van der Waals surface area contributed by atoms with Crippen LogP contribution in [0.4, 0.5) is 5.82 Å². The minimum Gasteiger partial charge on any atom is -0.381 e. The number of nitrogens with two attached hydrogens (primary N) is 1. The fourth-order valence-corrected chi connectivity index (χ4v) is 3.93. The van der Waals surface area contributed by atoms with Gasteiger partial charge in [-0.15, -0.1) is 11.5 Å². The Bertz CT molecular complexity index is 1620. The zero-order chi connectivity index (χ0) is 23.1. The minimum absolute atomic E-state index is 0.0679. The summed E-state index contributed by atoms with van der Waals surface area (Å²) in [6.45, 7) is 1.79. The van der Waals surface area contributed by atoms with E-state index in [4.69, 9.17) is 12.2 Å². The van der Waals surface area contributed by atoms with E-state index in [2.05, 4.69) is 21.3 Å². The summed E-state index contributed by atoms with van der Waals surface area (Å²) in [7, 11) is 0. The van der Waals surface area contributed by atoms with Gasteiger partial charge in [-0.2, -0.15) is 0 Å². The molecule has 1 atom stereocenters. The van der Waals surface area contributed by atoms with Crippen molar-refractivity contribution in [2.75, 3.05) is 5.73 Å². The Kier molecular flexibility index (Phi) is 4.68. The van der Waals surface area contributed by atoms with E-state index in [0.717, 1.165) is 0 Å². The lowest BCUT2D eigenvalue weighted by molar-refractivity contribution is 0.0941. The van der Waals surface area contributed by atoms with Crippen molar-refractivity contribution in [2.45, 2.75) is 13.0 Å². The van der Waals surface area contributed by atoms with Gasteiger partial charge < -0.3 is 15.5 Å². The molecule has 5 aromatic rings. The highest BCUT2D eigenvalue weighted by Gasteiger charge is 2.24. The summed E-state index contributed by atoms with van der Waals surface area (Å²) in [6, 6.07) is 12.0. The molecule has 0 fully saturated rings. The SMILES string of the molecule is C#Cc1ccn2cc(C(C)NC(=O)c3c(N)nn4cccnc34)n(-c3ccccc3)c(=O)c12. The van der Waals surface area contributed by atoms with Gasteiger partial charge in [-0.05, 0) is 31.2 Å². The normalized spacial score (nSPS) is 12.0. The molecule has 0 aliphatic carbocycles. The van der Waals surface area contributed by atoms with Crippen LogP contribution in [0.2, 0.25) is 0 Å². The number of terminal acetylenes is 1. The van der Waals surface area contributed by atoms with Gasteiger partial charge in [0, 0.05) is 30.5 Å². The topological polar surface area (TPSA) is 112 Å². The van der Waals surface area contributed by atoms with Gasteiger partial charge in [-0.1, -0.05) is 24.1 Å². The Morgan fingerprint density at radius 2 is 1.97 bits per heavy atom. The van der Waals surface area contributed by atoms with Gasteiger partial charge in [0.25, 0.3) is 11.5 Å². The third-order valence-corrected chi connectivity index (χ3v) is 5.46. The third-order valence-electron chi connectivity index (χ3n) is 5.46. The summed E-state index contributed by atoms with van der Waals surface area (Å²) in [5.41, 5.74) is 8.34. The van der Waals surface area contributed by atoms with Gasteiger partial charge in [0.1, 0.15) is 11.1 Å². The summed E-state index contributed by atoms with van der Waals surface area (Å²) in [5.74, 6) is 2.18. The van der Waals surface area contributed by atoms with Gasteiger partial charge in [0.05, 0.1) is 17.3 Å². The van der Waals surface area contributed by atoms with E-state index in [9.17, 15) is 9.59 Å². The first kappa shape index (κ1) is 20.1. The molecule has 0 saturated carbocycles. The molecule has 9 nitrogen and oxygen atoms in total. The number of benzene rings is 1. The second kappa shape index (κ2) is 7.69. The van der Waals surface area contributed by atoms with Crippen LogP contribution in [0.3, 0.4) is 0 Å². The van der Waals surface area contributed by atoms with E-state index in [0.29, 0.717) is 28.1 Å². The Morgan fingerprint density at radius 3 is 2.73 bits per heavy atom. The monoisotopic (exact) mass is 437 g/mol. The molecule has 0 saturated heterocycles. The molecule has 0 aliphatic heterocycles. The van der Waals surface area contributed by atoms with Crippen LogP contribution < -0.4 is 16.6 Å². The lowest BCUT2D eigenvalue weighted by atomic mass is 10.1. The molecule has 1 aromatic carbocycles. The third kappa shape index (κ3) is 3.21. The average molecular weight is 437 g/mol. The lowest BCUT2D eigenvalue weighted by Gasteiger charge is -2.20. The van der Waals surface area contributed by atoms with Crippen LogP contribution in [0.5, 0.6) is 0 Å². The molecule has 0 bridgehead atoms. The number of hydrogen-bond donors (Lipinski definition) is 2. The van der Waals surface area contributed by atoms with Crippen LogP contribution in [0.25, 0.3) is 16.9 Å². The zero-order valence-electron chi connectivity index (χ0n) is 17.6. The average Bonchev–Trinajstić information content (AvgIpc) is 3.39. The summed E-state index contributed by atoms with van der Waals surface area (Å²) in [5, 5.41) is 7.07. The molecular formula is C24H19N7O2. The number of anilines is 1. The molecule has 33 heavy (non-hydrogen) atoms. The van der Waals surface area contributed by atoms with Crippen molar-refractivity contribution in [1.82, 2.24) is 28.9 Å². The Labute approximate surface area is 188 Å². The smallest absolute Gasteiger partial charge is 0.280 e. The number of hydrogen-bond acceptors (Lipinski definition) is 5. The molecule has 162 valence electrons. The molecule has 4 aromatic heterocycles. The van der Waals surface area contributed by atoms with Gasteiger partial charge in [0.15, 0.2) is 11.5 Å². The number of nitrogen functional groups attached to an aromatic ring is 1. The van der Waals surface area contributed by atoms with Crippen LogP contribution >= 0.6 is 0 Å². The van der Waals surface area contributed by atoms with Crippen LogP contribution in [0.1, 0.15) is 34.6 Å². The Hall–Kier alpha value is -4.84. The van der Waals surface area contributed by atoms with Gasteiger partial charge in [-0.3, -0.25) is 14.2 Å². The molecule has 4 heterocycles. The zero-order valence-corrected chi connectivity index (χ0v) is 17.6. The van der Waals surface area contributed by atoms with E-state index in [1.807, 2.05) is 30.3 Å². The number of fused-ring (bicyclic) bond motifs is 2. The molecule has 5 rings (SSSR count). The number of amides is 1. The summed E-state index contributed by atoms with van der Waals surface area (Å²) >= 11 is 0. The fourth-order valence-electron chi connectivity index (χ4n) is 3.93. The predicted octanol–water partition coefficient (Wildman–Crippen LogP) is 2.19. The van der Waals surface area contributed by atoms with Crippen LogP contribution in [0.15, 0.2) is 72.0 Å². The molecule has 0 spiro atoms. The van der Waals surface area contributed by atoms with E-state index >= 15 is 0 Å². The second-order valence-electron chi connectivity index (χ2n) is 7.50. The first-order chi connectivity index (χ1) is 16.0. The van der Waals surface area contributed by atoms with Crippen molar-refractivity contribution in [3.8, 4) is 18.0 Å². The summed E-state index contributed by atoms with van der Waals surface area (Å²) in [6.07, 6.45) is 12.3. The standard InChI is InChI=1S/C24H19N7O2/c1-3-16-10-13-29-14-18(31(24(33)20(16)29)17-8-5-4-6-9-17)15(2)27-23(32)19-21(25)28-30-12-7-11-26-22(19)30/h1,4-15H,2H3,(H2,25,28)(H,27,32). The van der Waals surface area contributed by atoms with Crippen LogP contribution in [-0.2, 0) is 0 Å². The molecule has 3 N–H and O–H groups in total. The second-order valence-corrected chi connectivity index (χ2v) is 7.50. The van der Waals surface area contributed by atoms with Crippen LogP contribution in [0, 0.1) is 12.3 Å². The highest BCUT2D eigenvalue weighted by Crippen LogP contribution is 2.21. The fraction of sp³-hybridized carbons (Fsp3) is 0.0833. The number of nitrogens with zero attached hydrogens (tertiary/aromatic N) is 5. The highest BCUT2D eigenvalue weighted by molar-refractivity contribution is 6.04. The van der Waals surface area contributed by atoms with Crippen molar-refractivity contribution in [2.24, 2.45) is 0 Å². The lowest BCUT2D eigenvalue weighted by Crippen LogP contribution is -2.33. The number of nitrogens with one attached hydrogen (secondary N) is 1. The number of para-hydroxylation sites is 1. The Balaban J connectivity index is 1.63. The maximum atomic E-state index is 13.5. The van der Waals surface area contributed by atoms with Gasteiger partial charge in [-0.25, -0.2) is 9.50 Å². The van der Waals surface area contributed by atoms with Crippen molar-refractivity contribution in [1.29, 1.82) is 0 Å². The first-order valence-electron chi connectivity index (χ1n) is 10.2. The largest absolute Gasteiger partial charge is 0.381 e. The highest BCUT2D eigenvalue weighted by atomic mass is 16.2. The quantitative estimate of drug-likeness (QED) is 0.419. The molecule has 0 radical (unpaired) electrons. The maximum absolute atomic E-state index is 13.5.